The van der Waals surface area contributed by atoms with Gasteiger partial charge in [0.1, 0.15) is 11.6 Å². The Bertz CT molecular complexity index is 3900. The smallest absolute Gasteiger partial charge is 0.149 e. The number of benzene rings is 6. The SMILES string of the molecule is [2H]c1c([2H])c(C(C([2H])([2H])[2H])(C([2H])([2H])[2H])C([2H])([2H])[2H])c([2H])c([2H])c1-c1ccnc(-c2cc(-c3cccc4c3nc(-c3cc(C(C)(C)C)cc(C(C)(C)C)c3O)n4-c3ccc(-c4cc(C(C)C)cc(C([2H])(C)C)c4)cc3C([2H])([2H])[2H])cc(C(C)(C)C)c2)c1. The third kappa shape index (κ3) is 9.96. The van der Waals surface area contributed by atoms with Crippen LogP contribution >= 0.6 is 0 Å². The Morgan fingerprint density at radius 2 is 1.25 bits per heavy atom. The molecule has 8 aromatic rings. The molecule has 0 saturated heterocycles. The van der Waals surface area contributed by atoms with Gasteiger partial charge < -0.3 is 5.11 Å². The molecule has 0 fully saturated rings. The molecule has 8 rings (SSSR count). The lowest BCUT2D eigenvalue weighted by molar-refractivity contribution is 0.446. The number of aromatic hydroxyl groups is 1. The molecule has 0 saturated carbocycles. The number of rotatable bonds is 8. The Balaban J connectivity index is 1.43. The molecule has 0 atom stereocenters. The third-order valence-corrected chi connectivity index (χ3v) is 12.9. The molecule has 4 heteroatoms. The minimum atomic E-state index is -3.84. The molecule has 6 aromatic carbocycles. The normalized spacial score (nSPS) is 17.2. The Hall–Kier alpha value is -6.26. The van der Waals surface area contributed by atoms with Crippen molar-refractivity contribution in [3.8, 4) is 67.5 Å². The van der Waals surface area contributed by atoms with Crippen LogP contribution < -0.4 is 0 Å². The average Bonchev–Trinajstić information content (AvgIpc) is 0.739. The number of phenols is 1. The number of pyridine rings is 1. The minimum Gasteiger partial charge on any atom is -0.507 e. The average molecular weight is 931 g/mol. The van der Waals surface area contributed by atoms with E-state index in [-0.39, 0.29) is 34.2 Å². The number of para-hydroxylation sites is 1. The molecule has 1 N–H and O–H groups in total. The van der Waals surface area contributed by atoms with Crippen LogP contribution in [0, 0.1) is 6.85 Å². The van der Waals surface area contributed by atoms with Crippen molar-refractivity contribution >= 4 is 11.0 Å². The maximum absolute atomic E-state index is 12.6. The Kier molecular flexibility index (Phi) is 8.26. The molecule has 2 aromatic heterocycles. The van der Waals surface area contributed by atoms with Gasteiger partial charge in [-0.1, -0.05) is 183 Å². The fraction of sp³-hybridized carbons (Fsp3) is 0.354. The Morgan fingerprint density at radius 3 is 1.88 bits per heavy atom. The molecule has 0 aliphatic rings. The number of aryl methyl sites for hydroxylation is 1. The third-order valence-electron chi connectivity index (χ3n) is 12.9. The molecule has 0 aliphatic heterocycles. The highest BCUT2D eigenvalue weighted by molar-refractivity contribution is 5.97. The van der Waals surface area contributed by atoms with E-state index in [1.165, 1.54) is 18.3 Å². The van der Waals surface area contributed by atoms with E-state index in [0.29, 0.717) is 55.8 Å². The molecule has 356 valence electrons. The van der Waals surface area contributed by atoms with Crippen molar-refractivity contribution in [3.05, 3.63) is 166 Å². The van der Waals surface area contributed by atoms with Gasteiger partial charge in [0.15, 0.2) is 0 Å². The zero-order chi connectivity index (χ0) is 64.5. The van der Waals surface area contributed by atoms with Gasteiger partial charge in [0.05, 0.1) is 33.5 Å². The first-order chi connectivity index (χ1) is 39.1. The molecule has 4 nitrogen and oxygen atoms in total. The first-order valence-electron chi connectivity index (χ1n) is 32.1. The van der Waals surface area contributed by atoms with Crippen molar-refractivity contribution in [2.45, 2.75) is 151 Å². The van der Waals surface area contributed by atoms with Gasteiger partial charge in [-0.15, -0.1) is 0 Å². The number of imidazole rings is 1. The van der Waals surface area contributed by atoms with Crippen LogP contribution in [0.4, 0.5) is 0 Å². The maximum Gasteiger partial charge on any atom is 0.149 e. The zero-order valence-electron chi connectivity index (χ0n) is 59.2. The van der Waals surface area contributed by atoms with Crippen molar-refractivity contribution in [2.75, 3.05) is 0 Å². The number of hydrogen-bond acceptors (Lipinski definition) is 3. The topological polar surface area (TPSA) is 50.9 Å². The summed E-state index contributed by atoms with van der Waals surface area (Å²) in [4.78, 5) is 10.2. The highest BCUT2D eigenvalue weighted by Crippen LogP contribution is 2.46. The quantitative estimate of drug-likeness (QED) is 0.165. The van der Waals surface area contributed by atoms with Crippen molar-refractivity contribution in [2.24, 2.45) is 0 Å². The van der Waals surface area contributed by atoms with Gasteiger partial charge in [0.2, 0.25) is 0 Å². The van der Waals surface area contributed by atoms with Crippen LogP contribution in [0.3, 0.4) is 0 Å². The van der Waals surface area contributed by atoms with Crippen molar-refractivity contribution < 1.29 is 28.4 Å². The second-order valence-corrected chi connectivity index (χ2v) is 22.1. The largest absolute Gasteiger partial charge is 0.507 e. The molecular weight excluding hydrogens is 839 g/mol. The fourth-order valence-corrected chi connectivity index (χ4v) is 8.67. The summed E-state index contributed by atoms with van der Waals surface area (Å²) in [6.07, 6.45) is 1.40. The summed E-state index contributed by atoms with van der Waals surface area (Å²) in [6, 6.07) is 25.7. The molecule has 2 heterocycles. The van der Waals surface area contributed by atoms with E-state index in [2.05, 4.69) is 34.6 Å². The lowest BCUT2D eigenvalue weighted by atomic mass is 9.79. The van der Waals surface area contributed by atoms with Crippen LogP contribution in [0.25, 0.3) is 72.7 Å². The number of hydrogen-bond donors (Lipinski definition) is 1. The summed E-state index contributed by atoms with van der Waals surface area (Å²) in [5.41, 5.74) is 2.62. The molecule has 0 unspecified atom stereocenters. The van der Waals surface area contributed by atoms with Crippen molar-refractivity contribution in [1.82, 2.24) is 14.5 Å². The van der Waals surface area contributed by atoms with Gasteiger partial charge >= 0.3 is 0 Å². The molecule has 0 amide bonds. The van der Waals surface area contributed by atoms with Crippen LogP contribution in [0.2, 0.25) is 0 Å². The number of phenolic OH excluding ortho intramolecular Hbond substituents is 1. The minimum absolute atomic E-state index is 0.0165. The van der Waals surface area contributed by atoms with Gasteiger partial charge in [0, 0.05) is 40.7 Å². The predicted octanol–water partition coefficient (Wildman–Crippen LogP) is 18.2. The molecule has 0 aliphatic carbocycles. The van der Waals surface area contributed by atoms with E-state index in [0.717, 1.165) is 27.8 Å². The maximum atomic E-state index is 12.6. The zero-order valence-corrected chi connectivity index (χ0v) is 42.2. The van der Waals surface area contributed by atoms with Crippen LogP contribution in [0.1, 0.15) is 185 Å². The summed E-state index contributed by atoms with van der Waals surface area (Å²) in [5.74, 6) is -0.560. The highest BCUT2D eigenvalue weighted by Gasteiger charge is 2.29. The molecular formula is C65H75N3O. The first-order valence-corrected chi connectivity index (χ1v) is 23.6. The molecule has 0 spiro atoms. The predicted molar refractivity (Wildman–Crippen MR) is 295 cm³/mol. The van der Waals surface area contributed by atoms with E-state index in [1.54, 1.807) is 12.1 Å². The lowest BCUT2D eigenvalue weighted by Crippen LogP contribution is -2.17. The summed E-state index contributed by atoms with van der Waals surface area (Å²) in [6.45, 7) is 12.0. The van der Waals surface area contributed by atoms with Gasteiger partial charge in [0.25, 0.3) is 0 Å². The van der Waals surface area contributed by atoms with Crippen LogP contribution in [0.5, 0.6) is 5.75 Å². The number of aromatic nitrogens is 3. The fourth-order valence-electron chi connectivity index (χ4n) is 8.67. The second-order valence-electron chi connectivity index (χ2n) is 22.1. The first kappa shape index (κ1) is 31.8. The van der Waals surface area contributed by atoms with E-state index in [1.807, 2.05) is 133 Å². The summed E-state index contributed by atoms with van der Waals surface area (Å²) in [7, 11) is 0. The van der Waals surface area contributed by atoms with E-state index in [4.69, 9.17) is 26.4 Å². The van der Waals surface area contributed by atoms with Gasteiger partial charge in [-0.2, -0.15) is 0 Å². The van der Waals surface area contributed by atoms with E-state index < -0.39 is 84.7 Å². The van der Waals surface area contributed by atoms with Gasteiger partial charge in [-0.05, 0) is 150 Å². The van der Waals surface area contributed by atoms with Gasteiger partial charge in [-0.3, -0.25) is 9.55 Å². The molecule has 0 radical (unpaired) electrons. The Labute approximate surface area is 437 Å². The van der Waals surface area contributed by atoms with Crippen molar-refractivity contribution in [1.29, 1.82) is 0 Å². The molecule has 69 heavy (non-hydrogen) atoms. The van der Waals surface area contributed by atoms with E-state index >= 15 is 0 Å². The number of fused-ring (bicyclic) bond motifs is 1. The summed E-state index contributed by atoms with van der Waals surface area (Å²) in [5, 5.41) is 12.6. The van der Waals surface area contributed by atoms with Crippen molar-refractivity contribution in [3.63, 3.8) is 0 Å². The lowest BCUT2D eigenvalue weighted by Gasteiger charge is -2.27. The van der Waals surface area contributed by atoms with Gasteiger partial charge in [-0.25, -0.2) is 4.98 Å². The summed E-state index contributed by atoms with van der Waals surface area (Å²) >= 11 is 0. The Morgan fingerprint density at radius 1 is 0.580 bits per heavy atom. The standard InChI is InChI=1S/C65H75N3O/c1-39(2)45-30-46(40(3)4)32-47(31-45)43-23-26-57(41(5)29-43)68-58-20-18-19-53(59(58)67-61(68)54-37-52(64(12,13)14)38-55(60(54)69)65(15,16)17)48-33-49(35-51(34-48)63(9,10)11)56-36-44(27-28-66-56)42-21-24-50(25-22-42)62(6,7)8/h18-40,69H,1-17H3/i5D3,6D3,7D3,8D3,21D,22D,24D,25D,39D. The van der Waals surface area contributed by atoms with E-state index in [9.17, 15) is 12.0 Å². The summed E-state index contributed by atoms with van der Waals surface area (Å²) < 4.78 is 149. The van der Waals surface area contributed by atoms with Crippen LogP contribution in [-0.4, -0.2) is 19.6 Å². The highest BCUT2D eigenvalue weighted by atomic mass is 16.3. The number of nitrogens with zero attached hydrogens (tertiary/aromatic N) is 3. The second kappa shape index (κ2) is 17.9. The monoisotopic (exact) mass is 931 g/mol. The molecule has 0 bridgehead atoms. The van der Waals surface area contributed by atoms with Crippen LogP contribution in [-0.2, 0) is 21.7 Å². The van der Waals surface area contributed by atoms with Crippen LogP contribution in [0.15, 0.2) is 127 Å².